The van der Waals surface area contributed by atoms with Crippen LogP contribution in [0.1, 0.15) is 50.7 Å². The smallest absolute Gasteiger partial charge is 0.379 e. The van der Waals surface area contributed by atoms with Crippen molar-refractivity contribution in [2.24, 2.45) is 14.1 Å². The lowest BCUT2D eigenvalue weighted by atomic mass is 9.75. The number of rotatable bonds is 6. The summed E-state index contributed by atoms with van der Waals surface area (Å²) in [6.45, 7) is 2.05. The number of halogens is 3. The standard InChI is InChI=1S/C29H29F3N8O2/c1-37-17-33-36-26(37)11-28(15-42-16-28)20-6-5-19-14-40(27(41)21(19)10-20)25-9-18(8-24(35-25)29(30,31)32)13-39-7-3-4-22-23(39)12-34-38(22)2/h5-6,8-10,12,17H,3-4,7,11,13-16H2,1-2H3. The van der Waals surface area contributed by atoms with E-state index in [4.69, 9.17) is 4.74 Å². The third kappa shape index (κ3) is 4.42. The van der Waals surface area contributed by atoms with Gasteiger partial charge in [0.05, 0.1) is 37.3 Å². The third-order valence-electron chi connectivity index (χ3n) is 8.62. The molecule has 0 radical (unpaired) electrons. The number of benzene rings is 1. The van der Waals surface area contributed by atoms with E-state index in [1.165, 1.54) is 4.90 Å². The lowest BCUT2D eigenvalue weighted by Gasteiger charge is -2.41. The summed E-state index contributed by atoms with van der Waals surface area (Å²) in [5.41, 5.74) is 3.18. The number of alkyl halides is 3. The number of anilines is 2. The summed E-state index contributed by atoms with van der Waals surface area (Å²) < 4.78 is 51.3. The van der Waals surface area contributed by atoms with Crippen LogP contribution in [0.3, 0.4) is 0 Å². The van der Waals surface area contributed by atoms with Crippen LogP contribution in [0.25, 0.3) is 0 Å². The number of fused-ring (bicyclic) bond motifs is 2. The molecule has 4 aromatic rings. The molecule has 1 saturated heterocycles. The molecule has 3 aromatic heterocycles. The molecule has 0 bridgehead atoms. The first-order chi connectivity index (χ1) is 20.1. The first kappa shape index (κ1) is 26.6. The Morgan fingerprint density at radius 3 is 2.67 bits per heavy atom. The van der Waals surface area contributed by atoms with Crippen molar-refractivity contribution >= 4 is 17.4 Å². The van der Waals surface area contributed by atoms with Crippen molar-refractivity contribution in [3.63, 3.8) is 0 Å². The van der Waals surface area contributed by atoms with Crippen LogP contribution in [0.4, 0.5) is 24.7 Å². The van der Waals surface area contributed by atoms with Crippen LogP contribution in [-0.4, -0.2) is 55.2 Å². The van der Waals surface area contributed by atoms with Crippen molar-refractivity contribution in [1.29, 1.82) is 0 Å². The van der Waals surface area contributed by atoms with Crippen LogP contribution >= 0.6 is 0 Å². The molecule has 218 valence electrons. The number of hydrogen-bond donors (Lipinski definition) is 0. The molecule has 6 heterocycles. The molecule has 0 unspecified atom stereocenters. The highest BCUT2D eigenvalue weighted by Gasteiger charge is 2.43. The van der Waals surface area contributed by atoms with E-state index in [9.17, 15) is 18.0 Å². The maximum atomic E-state index is 14.0. The Morgan fingerprint density at radius 2 is 1.95 bits per heavy atom. The van der Waals surface area contributed by atoms with E-state index < -0.39 is 11.9 Å². The normalized spacial score (nSPS) is 17.8. The number of carbonyl (C=O) groups excluding carboxylic acids is 1. The van der Waals surface area contributed by atoms with Crippen molar-refractivity contribution in [2.75, 3.05) is 29.6 Å². The molecule has 3 aliphatic heterocycles. The van der Waals surface area contributed by atoms with Gasteiger partial charge in [0.1, 0.15) is 23.7 Å². The molecule has 3 aliphatic rings. The predicted molar refractivity (Wildman–Crippen MR) is 146 cm³/mol. The first-order valence-electron chi connectivity index (χ1n) is 13.8. The van der Waals surface area contributed by atoms with Gasteiger partial charge in [-0.25, -0.2) is 4.98 Å². The summed E-state index contributed by atoms with van der Waals surface area (Å²) in [5, 5.41) is 12.5. The number of nitrogens with zero attached hydrogens (tertiary/aromatic N) is 8. The number of amides is 1. The van der Waals surface area contributed by atoms with Crippen LogP contribution < -0.4 is 9.80 Å². The highest BCUT2D eigenvalue weighted by Crippen LogP contribution is 2.39. The summed E-state index contributed by atoms with van der Waals surface area (Å²) in [5.74, 6) is 0.428. The fourth-order valence-corrected chi connectivity index (χ4v) is 6.20. The van der Waals surface area contributed by atoms with Gasteiger partial charge in [0.15, 0.2) is 0 Å². The van der Waals surface area contributed by atoms with Gasteiger partial charge in [-0.2, -0.15) is 18.3 Å². The second-order valence-corrected chi connectivity index (χ2v) is 11.4. The minimum atomic E-state index is -4.66. The lowest BCUT2D eigenvalue weighted by molar-refractivity contribution is -0.141. The third-order valence-corrected chi connectivity index (χ3v) is 8.62. The molecule has 1 fully saturated rings. The fraction of sp³-hybridized carbons (Fsp3) is 0.414. The summed E-state index contributed by atoms with van der Waals surface area (Å²) in [4.78, 5) is 21.0. The molecular formula is C29H29F3N8O2. The second kappa shape index (κ2) is 9.65. The zero-order valence-electron chi connectivity index (χ0n) is 23.2. The summed E-state index contributed by atoms with van der Waals surface area (Å²) in [6, 6.07) is 8.38. The average Bonchev–Trinajstić information content (AvgIpc) is 3.63. The van der Waals surface area contributed by atoms with Gasteiger partial charge in [0.25, 0.3) is 5.91 Å². The maximum Gasteiger partial charge on any atom is 0.433 e. The van der Waals surface area contributed by atoms with Gasteiger partial charge in [0, 0.05) is 44.6 Å². The Morgan fingerprint density at radius 1 is 1.12 bits per heavy atom. The van der Waals surface area contributed by atoms with Crippen molar-refractivity contribution < 1.29 is 22.7 Å². The van der Waals surface area contributed by atoms with Crippen molar-refractivity contribution in [2.45, 2.75) is 43.9 Å². The molecule has 0 N–H and O–H groups in total. The van der Waals surface area contributed by atoms with E-state index in [0.717, 1.165) is 47.2 Å². The molecule has 7 rings (SSSR count). The minimum absolute atomic E-state index is 0.00762. The molecule has 0 aliphatic carbocycles. The number of aryl methyl sites for hydroxylation is 2. The molecule has 13 heteroatoms. The van der Waals surface area contributed by atoms with Crippen LogP contribution in [0.15, 0.2) is 42.9 Å². The van der Waals surface area contributed by atoms with Crippen LogP contribution in [0.5, 0.6) is 0 Å². The summed E-state index contributed by atoms with van der Waals surface area (Å²) in [7, 11) is 3.75. The van der Waals surface area contributed by atoms with Gasteiger partial charge in [0.2, 0.25) is 0 Å². The summed E-state index contributed by atoms with van der Waals surface area (Å²) in [6.07, 6.45) is 1.07. The number of hydrogen-bond acceptors (Lipinski definition) is 7. The van der Waals surface area contributed by atoms with E-state index in [2.05, 4.69) is 20.3 Å². The van der Waals surface area contributed by atoms with E-state index in [1.807, 2.05) is 46.4 Å². The van der Waals surface area contributed by atoms with Crippen molar-refractivity contribution in [1.82, 2.24) is 29.5 Å². The lowest BCUT2D eigenvalue weighted by Crippen LogP contribution is -2.49. The Bertz CT molecular complexity index is 1690. The van der Waals surface area contributed by atoms with Gasteiger partial charge < -0.3 is 14.2 Å². The molecular weight excluding hydrogens is 549 g/mol. The molecule has 0 saturated carbocycles. The maximum absolute atomic E-state index is 14.0. The monoisotopic (exact) mass is 578 g/mol. The minimum Gasteiger partial charge on any atom is -0.379 e. The molecule has 42 heavy (non-hydrogen) atoms. The average molecular weight is 579 g/mol. The van der Waals surface area contributed by atoms with Gasteiger partial charge in [-0.05, 0) is 47.7 Å². The number of aromatic nitrogens is 6. The Hall–Kier alpha value is -4.26. The first-order valence-corrected chi connectivity index (χ1v) is 13.8. The zero-order valence-corrected chi connectivity index (χ0v) is 23.2. The highest BCUT2D eigenvalue weighted by atomic mass is 19.4. The Kier molecular flexibility index (Phi) is 6.12. The molecule has 1 amide bonds. The van der Waals surface area contributed by atoms with Crippen LogP contribution in [0, 0.1) is 0 Å². The van der Waals surface area contributed by atoms with Gasteiger partial charge in [-0.15, -0.1) is 10.2 Å². The Balaban J connectivity index is 1.20. The molecule has 1 aromatic carbocycles. The predicted octanol–water partition coefficient (Wildman–Crippen LogP) is 3.59. The van der Waals surface area contributed by atoms with E-state index in [0.29, 0.717) is 37.3 Å². The van der Waals surface area contributed by atoms with Crippen molar-refractivity contribution in [3.05, 3.63) is 82.3 Å². The summed E-state index contributed by atoms with van der Waals surface area (Å²) >= 11 is 0. The van der Waals surface area contributed by atoms with E-state index in [-0.39, 0.29) is 30.2 Å². The SMILES string of the molecule is Cn1cnnc1CC1(c2ccc3c(c2)C(=O)N(c2cc(CN4CCCc5c4cnn5C)cc(C(F)(F)F)n2)C3)COC1. The topological polar surface area (TPSA) is 94.2 Å². The van der Waals surface area contributed by atoms with Crippen LogP contribution in [-0.2, 0) is 56.4 Å². The molecule has 0 atom stereocenters. The quantitative estimate of drug-likeness (QED) is 0.345. The largest absolute Gasteiger partial charge is 0.433 e. The van der Waals surface area contributed by atoms with Crippen LogP contribution in [0.2, 0.25) is 0 Å². The van der Waals surface area contributed by atoms with Gasteiger partial charge in [-0.3, -0.25) is 14.4 Å². The Labute approximate surface area is 239 Å². The fourth-order valence-electron chi connectivity index (χ4n) is 6.20. The van der Waals surface area contributed by atoms with E-state index in [1.54, 1.807) is 18.6 Å². The van der Waals surface area contributed by atoms with E-state index >= 15 is 0 Å². The number of pyridine rings is 1. The second-order valence-electron chi connectivity index (χ2n) is 11.4. The van der Waals surface area contributed by atoms with Gasteiger partial charge in [-0.1, -0.05) is 12.1 Å². The molecule has 0 spiro atoms. The highest BCUT2D eigenvalue weighted by molar-refractivity contribution is 6.09. The van der Waals surface area contributed by atoms with Crippen molar-refractivity contribution in [3.8, 4) is 0 Å². The number of ether oxygens (including phenoxy) is 1. The molecule has 10 nitrogen and oxygen atoms in total. The number of carbonyl (C=O) groups is 1. The zero-order chi connectivity index (χ0) is 29.2. The van der Waals surface area contributed by atoms with Gasteiger partial charge >= 0.3 is 6.18 Å².